The van der Waals surface area contributed by atoms with E-state index in [-0.39, 0.29) is 16.6 Å². The van der Waals surface area contributed by atoms with Gasteiger partial charge in [-0.05, 0) is 17.7 Å². The number of anilines is 1. The highest BCUT2D eigenvalue weighted by Crippen LogP contribution is 2.35. The zero-order valence-electron chi connectivity index (χ0n) is 10.1. The number of aromatic hydroxyl groups is 1. The Labute approximate surface area is 118 Å². The minimum atomic E-state index is -0.554. The fourth-order valence-electron chi connectivity index (χ4n) is 2.11. The Hall–Kier alpha value is -2.72. The van der Waals surface area contributed by atoms with Gasteiger partial charge in [-0.1, -0.05) is 17.7 Å². The van der Waals surface area contributed by atoms with E-state index >= 15 is 0 Å². The molecule has 4 N–H and O–H groups in total. The van der Waals surface area contributed by atoms with Gasteiger partial charge < -0.3 is 16.2 Å². The van der Waals surface area contributed by atoms with Crippen molar-refractivity contribution in [3.63, 3.8) is 0 Å². The van der Waals surface area contributed by atoms with Crippen molar-refractivity contribution in [1.29, 1.82) is 5.26 Å². The third kappa shape index (κ3) is 1.74. The highest BCUT2D eigenvalue weighted by molar-refractivity contribution is 6.32. The number of hydrogen-bond donors (Lipinski definition) is 3. The van der Waals surface area contributed by atoms with Crippen molar-refractivity contribution in [3.8, 4) is 11.8 Å². The van der Waals surface area contributed by atoms with E-state index in [2.05, 4.69) is 21.5 Å². The van der Waals surface area contributed by atoms with Crippen molar-refractivity contribution in [1.82, 2.24) is 14.8 Å². The summed E-state index contributed by atoms with van der Waals surface area (Å²) in [4.78, 5) is 4.02. The van der Waals surface area contributed by atoms with E-state index in [1.165, 1.54) is 17.1 Å². The van der Waals surface area contributed by atoms with Crippen LogP contribution in [-0.4, -0.2) is 19.9 Å². The molecule has 20 heavy (non-hydrogen) atoms. The fourth-order valence-corrected chi connectivity index (χ4v) is 2.23. The maximum atomic E-state index is 9.73. The fraction of sp³-hybridized carbons (Fsp3) is 0.0833. The first-order chi connectivity index (χ1) is 9.61. The minimum Gasteiger partial charge on any atom is -0.506 e. The van der Waals surface area contributed by atoms with Crippen molar-refractivity contribution in [2.75, 3.05) is 5.32 Å². The third-order valence-corrected chi connectivity index (χ3v) is 3.35. The topological polar surface area (TPSA) is 113 Å². The van der Waals surface area contributed by atoms with Crippen molar-refractivity contribution >= 4 is 17.5 Å². The van der Waals surface area contributed by atoms with Crippen LogP contribution < -0.4 is 11.1 Å². The van der Waals surface area contributed by atoms with Gasteiger partial charge in [-0.25, -0.2) is 4.68 Å². The first kappa shape index (κ1) is 12.3. The van der Waals surface area contributed by atoms with Crippen LogP contribution in [0.25, 0.3) is 0 Å². The molecule has 0 fully saturated rings. The molecule has 1 aliphatic heterocycles. The molecule has 2 aromatic rings. The van der Waals surface area contributed by atoms with Crippen molar-refractivity contribution < 1.29 is 5.11 Å². The van der Waals surface area contributed by atoms with Crippen LogP contribution in [0.2, 0.25) is 5.02 Å². The molecule has 8 heteroatoms. The molecule has 0 radical (unpaired) electrons. The Balaban J connectivity index is 2.20. The summed E-state index contributed by atoms with van der Waals surface area (Å²) in [6.07, 6.45) is 1.36. The summed E-state index contributed by atoms with van der Waals surface area (Å²) in [5.41, 5.74) is 6.77. The molecular weight excluding hydrogens is 280 g/mol. The number of aromatic nitrogens is 3. The maximum Gasteiger partial charge on any atom is 0.227 e. The molecule has 100 valence electrons. The smallest absolute Gasteiger partial charge is 0.227 e. The average molecular weight is 289 g/mol. The maximum absolute atomic E-state index is 9.73. The average Bonchev–Trinajstić information content (AvgIpc) is 2.88. The second-order valence-electron chi connectivity index (χ2n) is 4.21. The second kappa shape index (κ2) is 4.43. The number of fused-ring (bicyclic) bond motifs is 1. The molecule has 1 unspecified atom stereocenters. The van der Waals surface area contributed by atoms with E-state index in [1.807, 2.05) is 0 Å². The van der Waals surface area contributed by atoms with Crippen LogP contribution >= 0.6 is 11.6 Å². The summed E-state index contributed by atoms with van der Waals surface area (Å²) >= 11 is 5.80. The SMILES string of the molecule is N#CC1=C(N)Nc2ncnn2C1c1ccc(Cl)c(O)c1. The van der Waals surface area contributed by atoms with Gasteiger partial charge in [0.1, 0.15) is 30.0 Å². The molecular formula is C12H9ClN6O. The van der Waals surface area contributed by atoms with Crippen LogP contribution in [0.5, 0.6) is 5.75 Å². The van der Waals surface area contributed by atoms with Gasteiger partial charge in [-0.3, -0.25) is 0 Å². The molecule has 0 saturated heterocycles. The second-order valence-corrected chi connectivity index (χ2v) is 4.61. The molecule has 0 saturated carbocycles. The van der Waals surface area contributed by atoms with E-state index in [1.54, 1.807) is 12.1 Å². The molecule has 0 bridgehead atoms. The van der Waals surface area contributed by atoms with E-state index in [9.17, 15) is 10.4 Å². The normalized spacial score (nSPS) is 17.3. The number of halogens is 1. The van der Waals surface area contributed by atoms with Gasteiger partial charge >= 0.3 is 0 Å². The summed E-state index contributed by atoms with van der Waals surface area (Å²) in [5.74, 6) is 0.577. The van der Waals surface area contributed by atoms with E-state index in [4.69, 9.17) is 17.3 Å². The number of rotatable bonds is 1. The molecule has 1 aromatic heterocycles. The summed E-state index contributed by atoms with van der Waals surface area (Å²) < 4.78 is 1.53. The number of nitrogens with one attached hydrogen (secondary N) is 1. The summed E-state index contributed by atoms with van der Waals surface area (Å²) in [7, 11) is 0. The molecule has 1 aromatic carbocycles. The summed E-state index contributed by atoms with van der Waals surface area (Å²) in [6.45, 7) is 0. The van der Waals surface area contributed by atoms with E-state index in [0.717, 1.165) is 0 Å². The Kier molecular flexibility index (Phi) is 2.73. The lowest BCUT2D eigenvalue weighted by molar-refractivity contribution is 0.473. The number of nitrogens with two attached hydrogens (primary N) is 1. The van der Waals surface area contributed by atoms with Crippen molar-refractivity contribution in [3.05, 3.63) is 46.5 Å². The summed E-state index contributed by atoms with van der Waals surface area (Å²) in [6, 6.07) is 6.24. The standard InChI is InChI=1S/C12H9ClN6O/c13-8-2-1-6(3-9(8)20)10-7(4-14)11(15)18-12-16-5-17-19(10)12/h1-3,5,10,20H,15H2,(H,16,17,18). The lowest BCUT2D eigenvalue weighted by Crippen LogP contribution is -2.28. The van der Waals surface area contributed by atoms with Crippen molar-refractivity contribution in [2.24, 2.45) is 5.73 Å². The largest absolute Gasteiger partial charge is 0.506 e. The predicted molar refractivity (Wildman–Crippen MR) is 71.7 cm³/mol. The van der Waals surface area contributed by atoms with Gasteiger partial charge in [-0.2, -0.15) is 15.3 Å². The number of benzene rings is 1. The first-order valence-corrected chi connectivity index (χ1v) is 6.04. The molecule has 0 amide bonds. The quantitative estimate of drug-likeness (QED) is 0.730. The highest BCUT2D eigenvalue weighted by Gasteiger charge is 2.30. The van der Waals surface area contributed by atoms with Gasteiger partial charge in [0, 0.05) is 0 Å². The monoisotopic (exact) mass is 288 g/mol. The molecule has 0 spiro atoms. The lowest BCUT2D eigenvalue weighted by Gasteiger charge is -2.25. The molecule has 1 atom stereocenters. The van der Waals surface area contributed by atoms with Crippen molar-refractivity contribution in [2.45, 2.75) is 6.04 Å². The van der Waals surface area contributed by atoms with Gasteiger partial charge in [-0.15, -0.1) is 0 Å². The number of phenolic OH excluding ortho intramolecular Hbond substituents is 1. The Morgan fingerprint density at radius 1 is 1.50 bits per heavy atom. The Morgan fingerprint density at radius 2 is 2.30 bits per heavy atom. The van der Waals surface area contributed by atoms with Crippen LogP contribution in [-0.2, 0) is 0 Å². The number of nitrogens with zero attached hydrogens (tertiary/aromatic N) is 4. The molecule has 3 rings (SSSR count). The predicted octanol–water partition coefficient (Wildman–Crippen LogP) is 1.35. The van der Waals surface area contributed by atoms with Crippen LogP contribution in [0.4, 0.5) is 5.95 Å². The zero-order valence-corrected chi connectivity index (χ0v) is 10.8. The van der Waals surface area contributed by atoms with Gasteiger partial charge in [0.2, 0.25) is 5.95 Å². The molecule has 7 nitrogen and oxygen atoms in total. The van der Waals surface area contributed by atoms with Crippen LogP contribution in [0.1, 0.15) is 11.6 Å². The highest BCUT2D eigenvalue weighted by atomic mass is 35.5. The van der Waals surface area contributed by atoms with E-state index < -0.39 is 6.04 Å². The van der Waals surface area contributed by atoms with Crippen LogP contribution in [0.3, 0.4) is 0 Å². The number of hydrogen-bond acceptors (Lipinski definition) is 6. The third-order valence-electron chi connectivity index (χ3n) is 3.03. The van der Waals surface area contributed by atoms with Gasteiger partial charge in [0.25, 0.3) is 0 Å². The number of nitriles is 1. The molecule has 0 aliphatic carbocycles. The first-order valence-electron chi connectivity index (χ1n) is 5.66. The molecule has 2 heterocycles. The van der Waals surface area contributed by atoms with Gasteiger partial charge in [0.05, 0.1) is 10.6 Å². The Bertz CT molecular complexity index is 760. The minimum absolute atomic E-state index is 0.0692. The van der Waals surface area contributed by atoms with Crippen LogP contribution in [0, 0.1) is 11.3 Å². The van der Waals surface area contributed by atoms with Gasteiger partial charge in [0.15, 0.2) is 0 Å². The Morgan fingerprint density at radius 3 is 3.00 bits per heavy atom. The van der Waals surface area contributed by atoms with E-state index in [0.29, 0.717) is 17.1 Å². The number of phenols is 1. The zero-order chi connectivity index (χ0) is 14.3. The summed E-state index contributed by atoms with van der Waals surface area (Å²) in [5, 5.41) is 26.2. The van der Waals surface area contributed by atoms with Crippen LogP contribution in [0.15, 0.2) is 35.9 Å². The molecule has 1 aliphatic rings. The lowest BCUT2D eigenvalue weighted by atomic mass is 9.98. The number of allylic oxidation sites excluding steroid dienone is 1.